The Labute approximate surface area is 87.2 Å². The van der Waals surface area contributed by atoms with Crippen LogP contribution < -0.4 is 5.73 Å². The fourth-order valence-corrected chi connectivity index (χ4v) is 1.41. The number of nitrogens with two attached hydrogens (primary N) is 1. The first-order valence-corrected chi connectivity index (χ1v) is 3.99. The molecule has 2 N–H and O–H groups in total. The highest BCUT2D eigenvalue weighted by Gasteiger charge is 2.09. The zero-order chi connectivity index (χ0) is 9.59. The van der Waals surface area contributed by atoms with Crippen LogP contribution in [0.25, 0.3) is 5.65 Å². The van der Waals surface area contributed by atoms with Gasteiger partial charge in [0, 0.05) is 18.0 Å². The molecule has 0 atom stereocenters. The molecule has 0 aliphatic rings. The predicted molar refractivity (Wildman–Crippen MR) is 56.3 cm³/mol. The molecular formula is C9H11ClFN3. The average Bonchev–Trinajstić information content (AvgIpc) is 2.42. The van der Waals surface area contributed by atoms with Crippen molar-refractivity contribution in [3.05, 3.63) is 29.5 Å². The Bertz CT molecular complexity index is 478. The number of fused-ring (bicyclic) bond motifs is 1. The van der Waals surface area contributed by atoms with Crippen LogP contribution in [0.5, 0.6) is 0 Å². The zero-order valence-corrected chi connectivity index (χ0v) is 8.73. The van der Waals surface area contributed by atoms with Crippen molar-refractivity contribution in [2.24, 2.45) is 0 Å². The van der Waals surface area contributed by atoms with E-state index in [1.165, 1.54) is 6.20 Å². The number of aromatic nitrogens is 2. The lowest BCUT2D eigenvalue weighted by atomic mass is 10.2. The summed E-state index contributed by atoms with van der Waals surface area (Å²) in [6.07, 6.45) is 3.36. The minimum absolute atomic E-state index is 0. The lowest BCUT2D eigenvalue weighted by molar-refractivity contribution is 0.622. The average molecular weight is 216 g/mol. The molecule has 0 spiro atoms. The number of halogens is 2. The van der Waals surface area contributed by atoms with Gasteiger partial charge < -0.3 is 10.1 Å². The van der Waals surface area contributed by atoms with Gasteiger partial charge in [-0.05, 0) is 13.8 Å². The van der Waals surface area contributed by atoms with E-state index in [0.29, 0.717) is 11.2 Å². The largest absolute Gasteiger partial charge is 0.395 e. The quantitative estimate of drug-likeness (QED) is 0.732. The van der Waals surface area contributed by atoms with Crippen LogP contribution in [-0.4, -0.2) is 9.38 Å². The Morgan fingerprint density at radius 1 is 1.36 bits per heavy atom. The third-order valence-corrected chi connectivity index (χ3v) is 2.05. The minimum atomic E-state index is -0.377. The first kappa shape index (κ1) is 10.8. The first-order valence-electron chi connectivity index (χ1n) is 3.99. The van der Waals surface area contributed by atoms with E-state index in [4.69, 9.17) is 5.73 Å². The molecule has 0 saturated carbocycles. The molecule has 3 nitrogen and oxygen atoms in total. The minimum Gasteiger partial charge on any atom is -0.395 e. The van der Waals surface area contributed by atoms with Crippen molar-refractivity contribution in [3.63, 3.8) is 0 Å². The van der Waals surface area contributed by atoms with Gasteiger partial charge in [-0.1, -0.05) is 0 Å². The van der Waals surface area contributed by atoms with Gasteiger partial charge in [-0.25, -0.2) is 9.37 Å². The molecule has 5 heteroatoms. The molecule has 0 aromatic carbocycles. The zero-order valence-electron chi connectivity index (χ0n) is 7.91. The van der Waals surface area contributed by atoms with Gasteiger partial charge in [0.05, 0.1) is 11.4 Å². The van der Waals surface area contributed by atoms with E-state index < -0.39 is 0 Å². The van der Waals surface area contributed by atoms with E-state index in [2.05, 4.69) is 4.98 Å². The van der Waals surface area contributed by atoms with Crippen LogP contribution in [0.2, 0.25) is 0 Å². The van der Waals surface area contributed by atoms with E-state index in [0.717, 1.165) is 5.69 Å². The third kappa shape index (κ3) is 1.42. The highest BCUT2D eigenvalue weighted by molar-refractivity contribution is 5.85. The molecule has 2 heterocycles. The van der Waals surface area contributed by atoms with Gasteiger partial charge in [0.2, 0.25) is 0 Å². The van der Waals surface area contributed by atoms with Crippen molar-refractivity contribution in [2.45, 2.75) is 13.8 Å². The van der Waals surface area contributed by atoms with Crippen molar-refractivity contribution < 1.29 is 4.39 Å². The summed E-state index contributed by atoms with van der Waals surface area (Å²) in [5, 5.41) is 0. The predicted octanol–water partition coefficient (Wildman–Crippen LogP) is 2.09. The van der Waals surface area contributed by atoms with Crippen LogP contribution in [0.15, 0.2) is 12.4 Å². The molecule has 0 fully saturated rings. The number of nitrogens with zero attached hydrogens (tertiary/aromatic N) is 2. The monoisotopic (exact) mass is 215 g/mol. The van der Waals surface area contributed by atoms with Gasteiger partial charge >= 0.3 is 0 Å². The number of rotatable bonds is 0. The molecule has 0 radical (unpaired) electrons. The van der Waals surface area contributed by atoms with E-state index in [-0.39, 0.29) is 23.9 Å². The van der Waals surface area contributed by atoms with Crippen LogP contribution in [-0.2, 0) is 0 Å². The number of anilines is 1. The van der Waals surface area contributed by atoms with Crippen molar-refractivity contribution in [3.8, 4) is 0 Å². The molecule has 0 aliphatic carbocycles. The number of imidazole rings is 1. The topological polar surface area (TPSA) is 43.3 Å². The lowest BCUT2D eigenvalue weighted by Gasteiger charge is -2.02. The summed E-state index contributed by atoms with van der Waals surface area (Å²) < 4.78 is 15.0. The summed E-state index contributed by atoms with van der Waals surface area (Å²) in [6.45, 7) is 3.54. The van der Waals surface area contributed by atoms with Crippen LogP contribution in [0.4, 0.5) is 10.1 Å². The molecule has 0 amide bonds. The summed E-state index contributed by atoms with van der Waals surface area (Å²) in [4.78, 5) is 4.18. The Balaban J connectivity index is 0.000000980. The molecule has 0 aliphatic heterocycles. The maximum atomic E-state index is 13.3. The Hall–Kier alpha value is -1.29. The van der Waals surface area contributed by atoms with Crippen LogP contribution in [0.1, 0.15) is 11.3 Å². The van der Waals surface area contributed by atoms with E-state index >= 15 is 0 Å². The fourth-order valence-electron chi connectivity index (χ4n) is 1.41. The molecule has 0 bridgehead atoms. The smallest absolute Gasteiger partial charge is 0.154 e. The number of hydrogen-bond acceptors (Lipinski definition) is 2. The number of aryl methyl sites for hydroxylation is 2. The van der Waals surface area contributed by atoms with Crippen LogP contribution in [0, 0.1) is 19.7 Å². The van der Waals surface area contributed by atoms with Crippen LogP contribution in [0.3, 0.4) is 0 Å². The number of nitrogen functional groups attached to an aromatic ring is 1. The maximum absolute atomic E-state index is 13.3. The molecule has 0 saturated heterocycles. The molecule has 2 aromatic rings. The second-order valence-corrected chi connectivity index (χ2v) is 3.14. The van der Waals surface area contributed by atoms with E-state index in [1.807, 2.05) is 13.1 Å². The Kier molecular flexibility index (Phi) is 2.66. The maximum Gasteiger partial charge on any atom is 0.154 e. The van der Waals surface area contributed by atoms with Gasteiger partial charge in [-0.2, -0.15) is 0 Å². The Morgan fingerprint density at radius 3 is 2.64 bits per heavy atom. The number of hydrogen-bond donors (Lipinski definition) is 1. The van der Waals surface area contributed by atoms with Gasteiger partial charge in [0.1, 0.15) is 5.65 Å². The molecule has 14 heavy (non-hydrogen) atoms. The summed E-state index contributed by atoms with van der Waals surface area (Å²) in [5.74, 6) is -0.377. The highest BCUT2D eigenvalue weighted by atomic mass is 35.5. The summed E-state index contributed by atoms with van der Waals surface area (Å²) in [6, 6.07) is 0. The molecular weight excluding hydrogens is 205 g/mol. The summed E-state index contributed by atoms with van der Waals surface area (Å²) in [5.41, 5.74) is 7.60. The summed E-state index contributed by atoms with van der Waals surface area (Å²) in [7, 11) is 0. The second-order valence-electron chi connectivity index (χ2n) is 3.14. The third-order valence-electron chi connectivity index (χ3n) is 2.05. The molecule has 2 aromatic heterocycles. The fraction of sp³-hybridized carbons (Fsp3) is 0.222. The standard InChI is InChI=1S/C9H10FN3.ClH/c1-5-3-13-4-7(11)8(10)6(2)9(13)12-5;/h3-4H,11H2,1-2H3;1H. The Morgan fingerprint density at radius 2 is 2.00 bits per heavy atom. The van der Waals surface area contributed by atoms with E-state index in [9.17, 15) is 4.39 Å². The molecule has 2 rings (SSSR count). The number of pyridine rings is 1. The van der Waals surface area contributed by atoms with Gasteiger partial charge in [0.25, 0.3) is 0 Å². The molecule has 76 valence electrons. The van der Waals surface area contributed by atoms with Crippen molar-refractivity contribution in [1.29, 1.82) is 0 Å². The highest BCUT2D eigenvalue weighted by Crippen LogP contribution is 2.19. The molecule has 0 unspecified atom stereocenters. The van der Waals surface area contributed by atoms with Crippen molar-refractivity contribution in [2.75, 3.05) is 5.73 Å². The van der Waals surface area contributed by atoms with Gasteiger partial charge in [-0.3, -0.25) is 0 Å². The van der Waals surface area contributed by atoms with Crippen LogP contribution >= 0.6 is 12.4 Å². The van der Waals surface area contributed by atoms with Crippen molar-refractivity contribution in [1.82, 2.24) is 9.38 Å². The second kappa shape index (κ2) is 3.46. The normalized spacial score (nSPS) is 10.2. The lowest BCUT2D eigenvalue weighted by Crippen LogP contribution is -1.98. The van der Waals surface area contributed by atoms with Gasteiger partial charge in [-0.15, -0.1) is 12.4 Å². The first-order chi connectivity index (χ1) is 6.09. The van der Waals surface area contributed by atoms with Gasteiger partial charge in [0.15, 0.2) is 5.82 Å². The van der Waals surface area contributed by atoms with E-state index in [1.54, 1.807) is 11.3 Å². The van der Waals surface area contributed by atoms with Crippen molar-refractivity contribution >= 4 is 23.7 Å². The SMILES string of the molecule is Cc1cn2cc(N)c(F)c(C)c2n1.Cl. The summed E-state index contributed by atoms with van der Waals surface area (Å²) >= 11 is 0.